The van der Waals surface area contributed by atoms with Crippen molar-refractivity contribution in [2.75, 3.05) is 13.1 Å². The molecule has 0 fully saturated rings. The Bertz CT molecular complexity index is 492. The number of hydrogen-bond acceptors (Lipinski definition) is 3. The van der Waals surface area contributed by atoms with E-state index in [-0.39, 0.29) is 23.8 Å². The van der Waals surface area contributed by atoms with Crippen molar-refractivity contribution in [3.63, 3.8) is 0 Å². The Morgan fingerprint density at radius 3 is 2.52 bits per heavy atom. The lowest BCUT2D eigenvalue weighted by Crippen LogP contribution is -2.39. The quantitative estimate of drug-likeness (QED) is 0.650. The molecule has 0 bridgehead atoms. The summed E-state index contributed by atoms with van der Waals surface area (Å²) in [7, 11) is 0. The van der Waals surface area contributed by atoms with E-state index in [9.17, 15) is 9.59 Å². The first-order valence-electron chi connectivity index (χ1n) is 6.99. The molecule has 5 nitrogen and oxygen atoms in total. The highest BCUT2D eigenvalue weighted by atomic mass is 79.9. The van der Waals surface area contributed by atoms with E-state index in [1.54, 1.807) is 19.1 Å². The van der Waals surface area contributed by atoms with Gasteiger partial charge in [0.1, 0.15) is 0 Å². The maximum atomic E-state index is 11.9. The van der Waals surface area contributed by atoms with Crippen LogP contribution in [0.2, 0.25) is 0 Å². The minimum atomic E-state index is -0.207. The molecule has 0 aliphatic heterocycles. The third-order valence-corrected chi connectivity index (χ3v) is 3.72. The molecule has 21 heavy (non-hydrogen) atoms. The molecule has 0 saturated heterocycles. The topological polar surface area (TPSA) is 84.2 Å². The minimum Gasteiger partial charge on any atom is -0.356 e. The summed E-state index contributed by atoms with van der Waals surface area (Å²) in [5, 5.41) is 5.62. The van der Waals surface area contributed by atoms with E-state index in [0.29, 0.717) is 25.1 Å². The maximum Gasteiger partial charge on any atom is 0.251 e. The SMILES string of the molecule is CC(N)C(C)C(=O)NCCCNC(=O)c1cccc(Br)c1. The third kappa shape index (κ3) is 6.27. The van der Waals surface area contributed by atoms with E-state index >= 15 is 0 Å². The summed E-state index contributed by atoms with van der Waals surface area (Å²) in [4.78, 5) is 23.5. The van der Waals surface area contributed by atoms with Crippen molar-refractivity contribution < 1.29 is 9.59 Å². The van der Waals surface area contributed by atoms with Crippen molar-refractivity contribution in [3.05, 3.63) is 34.3 Å². The van der Waals surface area contributed by atoms with Gasteiger partial charge in [-0.3, -0.25) is 9.59 Å². The zero-order chi connectivity index (χ0) is 15.8. The molecule has 0 aromatic heterocycles. The van der Waals surface area contributed by atoms with Gasteiger partial charge in [-0.1, -0.05) is 28.9 Å². The van der Waals surface area contributed by atoms with Crippen LogP contribution in [0.1, 0.15) is 30.6 Å². The van der Waals surface area contributed by atoms with Crippen molar-refractivity contribution >= 4 is 27.7 Å². The number of nitrogens with two attached hydrogens (primary N) is 1. The number of amides is 2. The van der Waals surface area contributed by atoms with Gasteiger partial charge in [0.05, 0.1) is 0 Å². The van der Waals surface area contributed by atoms with Crippen molar-refractivity contribution in [2.45, 2.75) is 26.3 Å². The standard InChI is InChI=1S/C15H22BrN3O2/c1-10(11(2)17)14(20)18-7-4-8-19-15(21)12-5-3-6-13(16)9-12/h3,5-6,9-11H,4,7-8,17H2,1-2H3,(H,18,20)(H,19,21). The molecular weight excluding hydrogens is 334 g/mol. The number of hydrogen-bond donors (Lipinski definition) is 3. The number of halogens is 1. The first kappa shape index (κ1) is 17.7. The summed E-state index contributed by atoms with van der Waals surface area (Å²) >= 11 is 3.33. The zero-order valence-electron chi connectivity index (χ0n) is 12.4. The van der Waals surface area contributed by atoms with Crippen molar-refractivity contribution in [3.8, 4) is 0 Å². The van der Waals surface area contributed by atoms with Gasteiger partial charge in [0.15, 0.2) is 0 Å². The number of rotatable bonds is 7. The van der Waals surface area contributed by atoms with Crippen LogP contribution >= 0.6 is 15.9 Å². The van der Waals surface area contributed by atoms with Crippen LogP contribution < -0.4 is 16.4 Å². The fourth-order valence-corrected chi connectivity index (χ4v) is 2.03. The summed E-state index contributed by atoms with van der Waals surface area (Å²) in [5.74, 6) is -0.379. The van der Waals surface area contributed by atoms with Crippen LogP contribution in [-0.2, 0) is 4.79 Å². The molecule has 1 aromatic rings. The summed E-state index contributed by atoms with van der Waals surface area (Å²) in [6.45, 7) is 4.64. The van der Waals surface area contributed by atoms with Crippen LogP contribution in [0.25, 0.3) is 0 Å². The lowest BCUT2D eigenvalue weighted by Gasteiger charge is -2.15. The molecule has 4 N–H and O–H groups in total. The lowest BCUT2D eigenvalue weighted by atomic mass is 10.0. The molecule has 2 atom stereocenters. The van der Waals surface area contributed by atoms with E-state index in [4.69, 9.17) is 5.73 Å². The summed E-state index contributed by atoms with van der Waals surface area (Å²) < 4.78 is 0.868. The average molecular weight is 356 g/mol. The molecule has 116 valence electrons. The van der Waals surface area contributed by atoms with Crippen molar-refractivity contribution in [1.82, 2.24) is 10.6 Å². The highest BCUT2D eigenvalue weighted by Gasteiger charge is 2.15. The molecule has 1 rings (SSSR count). The van der Waals surface area contributed by atoms with Gasteiger partial charge in [0, 0.05) is 35.1 Å². The maximum absolute atomic E-state index is 11.9. The predicted molar refractivity (Wildman–Crippen MR) is 86.9 cm³/mol. The normalized spacial score (nSPS) is 13.3. The van der Waals surface area contributed by atoms with Gasteiger partial charge in [0.25, 0.3) is 5.91 Å². The lowest BCUT2D eigenvalue weighted by molar-refractivity contribution is -0.124. The number of benzene rings is 1. The molecule has 2 amide bonds. The molecule has 0 heterocycles. The van der Waals surface area contributed by atoms with E-state index < -0.39 is 0 Å². The minimum absolute atomic E-state index is 0.0525. The Morgan fingerprint density at radius 1 is 1.24 bits per heavy atom. The molecule has 0 spiro atoms. The van der Waals surface area contributed by atoms with Crippen LogP contribution in [0.15, 0.2) is 28.7 Å². The zero-order valence-corrected chi connectivity index (χ0v) is 13.9. The Morgan fingerprint density at radius 2 is 1.90 bits per heavy atom. The van der Waals surface area contributed by atoms with Crippen molar-refractivity contribution in [2.24, 2.45) is 11.7 Å². The Hall–Kier alpha value is -1.40. The van der Waals surface area contributed by atoms with Crippen molar-refractivity contribution in [1.29, 1.82) is 0 Å². The summed E-state index contributed by atoms with van der Waals surface area (Å²) in [6.07, 6.45) is 0.678. The molecule has 6 heteroatoms. The molecular formula is C15H22BrN3O2. The fourth-order valence-electron chi connectivity index (χ4n) is 1.63. The van der Waals surface area contributed by atoms with Gasteiger partial charge in [-0.15, -0.1) is 0 Å². The van der Waals surface area contributed by atoms with Gasteiger partial charge < -0.3 is 16.4 Å². The molecule has 0 saturated carbocycles. The van der Waals surface area contributed by atoms with Gasteiger partial charge in [-0.2, -0.15) is 0 Å². The predicted octanol–water partition coefficient (Wildman–Crippen LogP) is 1.67. The van der Waals surface area contributed by atoms with Crippen LogP contribution in [0.5, 0.6) is 0 Å². The Balaban J connectivity index is 2.23. The molecule has 2 unspecified atom stereocenters. The molecule has 0 radical (unpaired) electrons. The first-order valence-corrected chi connectivity index (χ1v) is 7.78. The summed E-state index contributed by atoms with van der Waals surface area (Å²) in [6, 6.07) is 7.04. The van der Waals surface area contributed by atoms with Crippen LogP contribution in [0.3, 0.4) is 0 Å². The smallest absolute Gasteiger partial charge is 0.251 e. The van der Waals surface area contributed by atoms with Crippen LogP contribution in [0, 0.1) is 5.92 Å². The Labute approximate surface area is 133 Å². The van der Waals surface area contributed by atoms with Gasteiger partial charge in [-0.05, 0) is 31.5 Å². The van der Waals surface area contributed by atoms with E-state index in [2.05, 4.69) is 26.6 Å². The second-order valence-electron chi connectivity index (χ2n) is 5.06. The highest BCUT2D eigenvalue weighted by molar-refractivity contribution is 9.10. The number of carbonyl (C=O) groups is 2. The highest BCUT2D eigenvalue weighted by Crippen LogP contribution is 2.11. The molecule has 0 aliphatic carbocycles. The van der Waals surface area contributed by atoms with Gasteiger partial charge in [0.2, 0.25) is 5.91 Å². The van der Waals surface area contributed by atoms with Crippen LogP contribution in [0.4, 0.5) is 0 Å². The largest absolute Gasteiger partial charge is 0.356 e. The van der Waals surface area contributed by atoms with Crippen LogP contribution in [-0.4, -0.2) is 30.9 Å². The third-order valence-electron chi connectivity index (χ3n) is 3.23. The molecule has 1 aromatic carbocycles. The monoisotopic (exact) mass is 355 g/mol. The number of carbonyl (C=O) groups excluding carboxylic acids is 2. The second-order valence-corrected chi connectivity index (χ2v) is 5.97. The van der Waals surface area contributed by atoms with Gasteiger partial charge in [-0.25, -0.2) is 0 Å². The second kappa shape index (κ2) is 8.79. The first-order chi connectivity index (χ1) is 9.91. The van der Waals surface area contributed by atoms with Gasteiger partial charge >= 0.3 is 0 Å². The average Bonchev–Trinajstić information content (AvgIpc) is 2.45. The number of nitrogens with one attached hydrogen (secondary N) is 2. The fraction of sp³-hybridized carbons (Fsp3) is 0.467. The van der Waals surface area contributed by atoms with E-state index in [1.165, 1.54) is 0 Å². The molecule has 0 aliphatic rings. The van der Waals surface area contributed by atoms with E-state index in [1.807, 2.05) is 19.1 Å². The summed E-state index contributed by atoms with van der Waals surface area (Å²) in [5.41, 5.74) is 6.27. The Kier molecular flexibility index (Phi) is 7.39. The van der Waals surface area contributed by atoms with E-state index in [0.717, 1.165) is 4.47 Å².